The van der Waals surface area contributed by atoms with Gasteiger partial charge in [-0.2, -0.15) is 5.10 Å². The number of hydrogen-bond donors (Lipinski definition) is 1. The van der Waals surface area contributed by atoms with Crippen LogP contribution in [0.1, 0.15) is 24.4 Å². The summed E-state index contributed by atoms with van der Waals surface area (Å²) in [6.07, 6.45) is 0. The van der Waals surface area contributed by atoms with E-state index in [1.165, 1.54) is 11.8 Å². The molecule has 0 radical (unpaired) electrons. The van der Waals surface area contributed by atoms with Crippen LogP contribution in [0.2, 0.25) is 0 Å². The van der Waals surface area contributed by atoms with Crippen LogP contribution in [-0.4, -0.2) is 27.7 Å². The predicted molar refractivity (Wildman–Crippen MR) is 84.7 cm³/mol. The molecule has 1 unspecified atom stereocenters. The number of carbonyl (C=O) groups is 1. The minimum atomic E-state index is -0.702. The van der Waals surface area contributed by atoms with Crippen molar-refractivity contribution in [3.8, 4) is 5.75 Å². The first kappa shape index (κ1) is 16.5. The summed E-state index contributed by atoms with van der Waals surface area (Å²) in [6, 6.07) is 6.31. The molecular weight excluding hydrogens is 300 g/mol. The number of amides is 1. The highest BCUT2D eigenvalue weighted by Crippen LogP contribution is 2.27. The van der Waals surface area contributed by atoms with E-state index in [1.54, 1.807) is 45.0 Å². The van der Waals surface area contributed by atoms with Crippen LogP contribution >= 0.6 is 0 Å². The Morgan fingerprint density at radius 3 is 2.61 bits per heavy atom. The van der Waals surface area contributed by atoms with Crippen molar-refractivity contribution in [1.82, 2.24) is 9.78 Å². The molecule has 0 fully saturated rings. The molecule has 1 atom stereocenters. The molecule has 0 aliphatic rings. The van der Waals surface area contributed by atoms with Gasteiger partial charge in [0.15, 0.2) is 0 Å². The van der Waals surface area contributed by atoms with Crippen LogP contribution in [0.4, 0.5) is 11.4 Å². The van der Waals surface area contributed by atoms with Crippen molar-refractivity contribution in [2.75, 3.05) is 12.4 Å². The fraction of sp³-hybridized carbons (Fsp3) is 0.333. The van der Waals surface area contributed by atoms with Gasteiger partial charge in [0, 0.05) is 0 Å². The molecule has 8 nitrogen and oxygen atoms in total. The third-order valence-electron chi connectivity index (χ3n) is 3.58. The third kappa shape index (κ3) is 3.15. The molecule has 1 heterocycles. The molecule has 0 saturated carbocycles. The number of nitro groups is 1. The first-order valence-corrected chi connectivity index (χ1v) is 7.00. The lowest BCUT2D eigenvalue weighted by molar-refractivity contribution is -0.386. The summed E-state index contributed by atoms with van der Waals surface area (Å²) in [5.41, 5.74) is 1.09. The number of hydrogen-bond acceptors (Lipinski definition) is 5. The van der Waals surface area contributed by atoms with E-state index in [9.17, 15) is 14.9 Å². The van der Waals surface area contributed by atoms with Crippen LogP contribution in [0.15, 0.2) is 24.3 Å². The van der Waals surface area contributed by atoms with Gasteiger partial charge in [-0.1, -0.05) is 12.1 Å². The van der Waals surface area contributed by atoms with Gasteiger partial charge in [0.2, 0.25) is 5.91 Å². The second kappa shape index (κ2) is 6.47. The van der Waals surface area contributed by atoms with Gasteiger partial charge in [-0.3, -0.25) is 19.6 Å². The van der Waals surface area contributed by atoms with Gasteiger partial charge in [-0.25, -0.2) is 0 Å². The number of benzene rings is 1. The highest BCUT2D eigenvalue weighted by atomic mass is 16.6. The number of rotatable bonds is 5. The van der Waals surface area contributed by atoms with Crippen molar-refractivity contribution in [3.63, 3.8) is 0 Å². The fourth-order valence-electron chi connectivity index (χ4n) is 2.39. The first-order chi connectivity index (χ1) is 10.9. The maximum atomic E-state index is 12.4. The van der Waals surface area contributed by atoms with Gasteiger partial charge >= 0.3 is 5.69 Å². The lowest BCUT2D eigenvalue weighted by Crippen LogP contribution is -2.25. The molecule has 1 aromatic heterocycles. The largest absolute Gasteiger partial charge is 0.495 e. The van der Waals surface area contributed by atoms with Crippen molar-refractivity contribution in [2.45, 2.75) is 26.8 Å². The van der Waals surface area contributed by atoms with E-state index >= 15 is 0 Å². The average Bonchev–Trinajstić information content (AvgIpc) is 2.81. The molecule has 1 N–H and O–H groups in total. The van der Waals surface area contributed by atoms with Gasteiger partial charge in [-0.05, 0) is 32.9 Å². The fourth-order valence-corrected chi connectivity index (χ4v) is 2.39. The number of aromatic nitrogens is 2. The van der Waals surface area contributed by atoms with Gasteiger partial charge in [-0.15, -0.1) is 0 Å². The number of para-hydroxylation sites is 2. The number of aryl methyl sites for hydroxylation is 1. The Balaban J connectivity index is 2.27. The molecule has 0 aliphatic carbocycles. The molecular formula is C15H18N4O4. The number of ether oxygens (including phenoxy) is 1. The Kier molecular flexibility index (Phi) is 4.63. The van der Waals surface area contributed by atoms with Gasteiger partial charge in [0.05, 0.1) is 17.7 Å². The van der Waals surface area contributed by atoms with Crippen molar-refractivity contribution >= 4 is 17.3 Å². The predicted octanol–water partition coefficient (Wildman–Crippen LogP) is 2.62. The molecule has 1 amide bonds. The molecule has 0 bridgehead atoms. The maximum Gasteiger partial charge on any atom is 0.312 e. The van der Waals surface area contributed by atoms with E-state index in [1.807, 2.05) is 0 Å². The zero-order valence-electron chi connectivity index (χ0n) is 13.4. The van der Waals surface area contributed by atoms with Gasteiger partial charge in [0.25, 0.3) is 0 Å². The topological polar surface area (TPSA) is 99.3 Å². The number of methoxy groups -OCH3 is 1. The van der Waals surface area contributed by atoms with Gasteiger partial charge in [0.1, 0.15) is 23.2 Å². The molecule has 0 aliphatic heterocycles. The Labute approximate surface area is 133 Å². The number of carbonyl (C=O) groups excluding carboxylic acids is 1. The lowest BCUT2D eigenvalue weighted by Gasteiger charge is -2.15. The number of nitrogens with one attached hydrogen (secondary N) is 1. The van der Waals surface area contributed by atoms with E-state index in [4.69, 9.17) is 4.74 Å². The number of anilines is 1. The molecule has 23 heavy (non-hydrogen) atoms. The molecule has 2 rings (SSSR count). The maximum absolute atomic E-state index is 12.4. The van der Waals surface area contributed by atoms with E-state index in [0.29, 0.717) is 17.1 Å². The molecule has 1 aromatic carbocycles. The van der Waals surface area contributed by atoms with E-state index in [2.05, 4.69) is 10.4 Å². The second-order valence-electron chi connectivity index (χ2n) is 5.09. The van der Waals surface area contributed by atoms with Crippen molar-refractivity contribution in [2.24, 2.45) is 0 Å². The SMILES string of the molecule is COc1ccccc1NC(=O)C(C)n1nc(C)c([N+](=O)[O-])c1C. The zero-order chi connectivity index (χ0) is 17.1. The molecule has 0 saturated heterocycles. The van der Waals surface area contributed by atoms with E-state index < -0.39 is 11.0 Å². The summed E-state index contributed by atoms with van der Waals surface area (Å²) in [4.78, 5) is 23.0. The van der Waals surface area contributed by atoms with Crippen molar-refractivity contribution in [1.29, 1.82) is 0 Å². The second-order valence-corrected chi connectivity index (χ2v) is 5.09. The zero-order valence-corrected chi connectivity index (χ0v) is 13.4. The first-order valence-electron chi connectivity index (χ1n) is 7.00. The summed E-state index contributed by atoms with van der Waals surface area (Å²) in [5.74, 6) is 0.197. The van der Waals surface area contributed by atoms with E-state index in [0.717, 1.165) is 0 Å². The van der Waals surface area contributed by atoms with Crippen LogP contribution in [-0.2, 0) is 4.79 Å². The average molecular weight is 318 g/mol. The van der Waals surface area contributed by atoms with Crippen LogP contribution < -0.4 is 10.1 Å². The summed E-state index contributed by atoms with van der Waals surface area (Å²) in [5, 5.41) is 17.9. The normalized spacial score (nSPS) is 11.8. The lowest BCUT2D eigenvalue weighted by atomic mass is 10.2. The molecule has 122 valence electrons. The third-order valence-corrected chi connectivity index (χ3v) is 3.58. The Bertz CT molecular complexity index is 754. The monoisotopic (exact) mass is 318 g/mol. The van der Waals surface area contributed by atoms with Crippen molar-refractivity contribution in [3.05, 3.63) is 45.8 Å². The highest BCUT2D eigenvalue weighted by molar-refractivity contribution is 5.94. The summed E-state index contributed by atoms with van der Waals surface area (Å²) < 4.78 is 6.54. The Morgan fingerprint density at radius 2 is 2.04 bits per heavy atom. The minimum absolute atomic E-state index is 0.0676. The van der Waals surface area contributed by atoms with Crippen LogP contribution in [0.3, 0.4) is 0 Å². The molecule has 2 aromatic rings. The smallest absolute Gasteiger partial charge is 0.312 e. The van der Waals surface area contributed by atoms with Crippen molar-refractivity contribution < 1.29 is 14.5 Å². The quantitative estimate of drug-likeness (QED) is 0.675. The minimum Gasteiger partial charge on any atom is -0.495 e. The summed E-state index contributed by atoms with van der Waals surface area (Å²) in [7, 11) is 1.51. The Morgan fingerprint density at radius 1 is 1.39 bits per heavy atom. The number of nitrogens with zero attached hydrogens (tertiary/aromatic N) is 3. The Hall–Kier alpha value is -2.90. The molecule has 8 heteroatoms. The summed E-state index contributed by atoms with van der Waals surface area (Å²) in [6.45, 7) is 4.76. The standard InChI is InChI=1S/C15H18N4O4/c1-9-14(19(21)22)10(2)18(17-9)11(3)15(20)16-12-7-5-6-8-13(12)23-4/h5-8,11H,1-4H3,(H,16,20). The van der Waals surface area contributed by atoms with E-state index in [-0.39, 0.29) is 17.3 Å². The van der Waals surface area contributed by atoms with Crippen LogP contribution in [0.25, 0.3) is 0 Å². The van der Waals surface area contributed by atoms with Crippen LogP contribution in [0.5, 0.6) is 5.75 Å². The van der Waals surface area contributed by atoms with Gasteiger partial charge < -0.3 is 10.1 Å². The molecule has 0 spiro atoms. The summed E-state index contributed by atoms with van der Waals surface area (Å²) >= 11 is 0. The highest BCUT2D eigenvalue weighted by Gasteiger charge is 2.27. The van der Waals surface area contributed by atoms with Crippen LogP contribution in [0, 0.1) is 24.0 Å².